The summed E-state index contributed by atoms with van der Waals surface area (Å²) in [4.78, 5) is 11.4. The zero-order valence-electron chi connectivity index (χ0n) is 18.0. The highest BCUT2D eigenvalue weighted by Gasteiger charge is 2.35. The van der Waals surface area contributed by atoms with Crippen molar-refractivity contribution in [3.8, 4) is 0 Å². The molecule has 166 valence electrons. The standard InChI is InChI=1S/C22H32F3N5/c1-15(22(23,24)25)12-13-26-14-16-8-10-17(11-9-16)27-21-28-19-7-5-4-6-18(19)20(29-21)30(2)3/h4-7,15-17,26H,8-14H2,1-3H3,(H,27,28,29)/t15?,16-,17+. The van der Waals surface area contributed by atoms with Gasteiger partial charge in [0.05, 0.1) is 11.4 Å². The van der Waals surface area contributed by atoms with Crippen LogP contribution >= 0.6 is 0 Å². The van der Waals surface area contributed by atoms with Crippen molar-refractivity contribution in [2.24, 2.45) is 11.8 Å². The number of benzene rings is 1. The minimum Gasteiger partial charge on any atom is -0.362 e. The van der Waals surface area contributed by atoms with Crippen LogP contribution in [-0.2, 0) is 0 Å². The molecule has 1 aliphatic carbocycles. The predicted molar refractivity (Wildman–Crippen MR) is 116 cm³/mol. The first-order chi connectivity index (χ1) is 14.2. The Hall–Kier alpha value is -2.09. The number of hydrogen-bond acceptors (Lipinski definition) is 5. The van der Waals surface area contributed by atoms with E-state index in [2.05, 4.69) is 15.6 Å². The van der Waals surface area contributed by atoms with Gasteiger partial charge in [-0.25, -0.2) is 4.98 Å². The predicted octanol–water partition coefficient (Wildman–Crippen LogP) is 4.84. The van der Waals surface area contributed by atoms with Gasteiger partial charge in [0.2, 0.25) is 5.95 Å². The lowest BCUT2D eigenvalue weighted by Crippen LogP contribution is -2.33. The largest absolute Gasteiger partial charge is 0.391 e. The molecule has 0 amide bonds. The number of anilines is 2. The summed E-state index contributed by atoms with van der Waals surface area (Å²) in [5, 5.41) is 7.74. The lowest BCUT2D eigenvalue weighted by Gasteiger charge is -2.29. The molecule has 5 nitrogen and oxygen atoms in total. The van der Waals surface area contributed by atoms with Crippen molar-refractivity contribution in [3.05, 3.63) is 24.3 Å². The molecule has 8 heteroatoms. The van der Waals surface area contributed by atoms with E-state index in [9.17, 15) is 13.2 Å². The highest BCUT2D eigenvalue weighted by Crippen LogP contribution is 2.29. The molecule has 1 saturated carbocycles. The second kappa shape index (κ2) is 9.81. The summed E-state index contributed by atoms with van der Waals surface area (Å²) in [6, 6.07) is 8.32. The summed E-state index contributed by atoms with van der Waals surface area (Å²) in [6.07, 6.45) is 0.162. The van der Waals surface area contributed by atoms with Gasteiger partial charge in [0, 0.05) is 25.5 Å². The normalized spacial score (nSPS) is 20.9. The Balaban J connectivity index is 1.47. The van der Waals surface area contributed by atoms with E-state index in [4.69, 9.17) is 4.98 Å². The minimum atomic E-state index is -4.09. The zero-order valence-corrected chi connectivity index (χ0v) is 18.0. The van der Waals surface area contributed by atoms with Gasteiger partial charge in [-0.15, -0.1) is 0 Å². The van der Waals surface area contributed by atoms with Gasteiger partial charge in [0.1, 0.15) is 5.82 Å². The van der Waals surface area contributed by atoms with Gasteiger partial charge < -0.3 is 15.5 Å². The SMILES string of the molecule is CC(CCNC[C@H]1CC[C@@H](Nc2nc(N(C)C)c3ccccc3n2)CC1)C(F)(F)F. The zero-order chi connectivity index (χ0) is 21.7. The summed E-state index contributed by atoms with van der Waals surface area (Å²) < 4.78 is 37.7. The van der Waals surface area contributed by atoms with Crippen LogP contribution in [0.15, 0.2) is 24.3 Å². The van der Waals surface area contributed by atoms with Crippen LogP contribution in [0.1, 0.15) is 39.0 Å². The van der Waals surface area contributed by atoms with E-state index in [0.29, 0.717) is 24.5 Å². The second-order valence-corrected chi connectivity index (χ2v) is 8.58. The molecule has 1 aromatic carbocycles. The molecule has 0 saturated heterocycles. The lowest BCUT2D eigenvalue weighted by atomic mass is 9.86. The molecule has 1 atom stereocenters. The van der Waals surface area contributed by atoms with Crippen LogP contribution in [0, 0.1) is 11.8 Å². The van der Waals surface area contributed by atoms with Crippen molar-refractivity contribution in [2.75, 3.05) is 37.4 Å². The lowest BCUT2D eigenvalue weighted by molar-refractivity contribution is -0.170. The molecule has 1 fully saturated rings. The highest BCUT2D eigenvalue weighted by molar-refractivity contribution is 5.90. The Morgan fingerprint density at radius 2 is 1.80 bits per heavy atom. The van der Waals surface area contributed by atoms with Gasteiger partial charge in [0.25, 0.3) is 0 Å². The molecule has 1 unspecified atom stereocenters. The maximum atomic E-state index is 12.6. The molecule has 0 radical (unpaired) electrons. The van der Waals surface area contributed by atoms with E-state index in [0.717, 1.165) is 48.9 Å². The third kappa shape index (κ3) is 5.97. The maximum absolute atomic E-state index is 12.6. The molecule has 1 heterocycles. The van der Waals surface area contributed by atoms with Crippen LogP contribution in [0.2, 0.25) is 0 Å². The number of rotatable bonds is 8. The first-order valence-electron chi connectivity index (χ1n) is 10.7. The maximum Gasteiger partial charge on any atom is 0.391 e. The summed E-state index contributed by atoms with van der Waals surface area (Å²) >= 11 is 0. The number of nitrogens with one attached hydrogen (secondary N) is 2. The van der Waals surface area contributed by atoms with Gasteiger partial charge in [-0.05, 0) is 63.2 Å². The molecule has 0 bridgehead atoms. The third-order valence-corrected chi connectivity index (χ3v) is 5.93. The molecule has 1 aliphatic rings. The van der Waals surface area contributed by atoms with Crippen LogP contribution in [0.4, 0.5) is 24.9 Å². The minimum absolute atomic E-state index is 0.133. The van der Waals surface area contributed by atoms with E-state index < -0.39 is 12.1 Å². The fourth-order valence-corrected chi connectivity index (χ4v) is 3.95. The molecular weight excluding hydrogens is 391 g/mol. The van der Waals surface area contributed by atoms with Gasteiger partial charge in [-0.3, -0.25) is 0 Å². The first-order valence-corrected chi connectivity index (χ1v) is 10.7. The summed E-state index contributed by atoms with van der Waals surface area (Å²) in [6.45, 7) is 2.45. The summed E-state index contributed by atoms with van der Waals surface area (Å²) in [5.74, 6) is 0.812. The monoisotopic (exact) mass is 423 g/mol. The van der Waals surface area contributed by atoms with Gasteiger partial charge in [-0.1, -0.05) is 19.1 Å². The van der Waals surface area contributed by atoms with Gasteiger partial charge in [-0.2, -0.15) is 18.2 Å². The summed E-state index contributed by atoms with van der Waals surface area (Å²) in [7, 11) is 3.96. The van der Waals surface area contributed by atoms with E-state index in [1.165, 1.54) is 6.92 Å². The molecule has 3 rings (SSSR count). The molecule has 0 spiro atoms. The molecule has 2 N–H and O–H groups in total. The van der Waals surface area contributed by atoms with Crippen molar-refractivity contribution in [3.63, 3.8) is 0 Å². The molecular formula is C22H32F3N5. The topological polar surface area (TPSA) is 53.1 Å². The fourth-order valence-electron chi connectivity index (χ4n) is 3.95. The van der Waals surface area contributed by atoms with Crippen LogP contribution in [0.25, 0.3) is 10.9 Å². The van der Waals surface area contributed by atoms with Crippen LogP contribution in [0.3, 0.4) is 0 Å². The smallest absolute Gasteiger partial charge is 0.362 e. The molecule has 2 aromatic rings. The van der Waals surface area contributed by atoms with Crippen molar-refractivity contribution < 1.29 is 13.2 Å². The number of para-hydroxylation sites is 1. The number of hydrogen-bond donors (Lipinski definition) is 2. The van der Waals surface area contributed by atoms with Gasteiger partial charge >= 0.3 is 6.18 Å². The molecule has 1 aromatic heterocycles. The number of halogens is 3. The number of fused-ring (bicyclic) bond motifs is 1. The third-order valence-electron chi connectivity index (χ3n) is 5.93. The van der Waals surface area contributed by atoms with Crippen molar-refractivity contribution in [1.82, 2.24) is 15.3 Å². The Kier molecular flexibility index (Phi) is 7.39. The van der Waals surface area contributed by atoms with Crippen LogP contribution < -0.4 is 15.5 Å². The van der Waals surface area contributed by atoms with E-state index in [-0.39, 0.29) is 6.42 Å². The second-order valence-electron chi connectivity index (χ2n) is 8.58. The Bertz CT molecular complexity index is 816. The Morgan fingerprint density at radius 3 is 2.47 bits per heavy atom. The number of nitrogens with zero attached hydrogens (tertiary/aromatic N) is 3. The quantitative estimate of drug-likeness (QED) is 0.595. The average Bonchev–Trinajstić information content (AvgIpc) is 2.70. The average molecular weight is 424 g/mol. The summed E-state index contributed by atoms with van der Waals surface area (Å²) in [5.41, 5.74) is 0.921. The first kappa shape index (κ1) is 22.6. The Morgan fingerprint density at radius 1 is 1.10 bits per heavy atom. The van der Waals surface area contributed by atoms with E-state index in [1.807, 2.05) is 43.3 Å². The molecule has 0 aliphatic heterocycles. The van der Waals surface area contributed by atoms with Crippen molar-refractivity contribution in [1.29, 1.82) is 0 Å². The fraction of sp³-hybridized carbons (Fsp3) is 0.636. The van der Waals surface area contributed by atoms with Crippen molar-refractivity contribution in [2.45, 2.75) is 51.2 Å². The number of alkyl halides is 3. The highest BCUT2D eigenvalue weighted by atomic mass is 19.4. The number of aromatic nitrogens is 2. The Labute approximate surface area is 176 Å². The van der Waals surface area contributed by atoms with Gasteiger partial charge in [0.15, 0.2) is 0 Å². The van der Waals surface area contributed by atoms with Crippen LogP contribution in [0.5, 0.6) is 0 Å². The van der Waals surface area contributed by atoms with Crippen molar-refractivity contribution >= 4 is 22.7 Å². The van der Waals surface area contributed by atoms with E-state index in [1.54, 1.807) is 0 Å². The molecule has 30 heavy (non-hydrogen) atoms. The van der Waals surface area contributed by atoms with E-state index >= 15 is 0 Å². The van der Waals surface area contributed by atoms with Crippen LogP contribution in [-0.4, -0.2) is 49.4 Å².